The summed E-state index contributed by atoms with van der Waals surface area (Å²) in [4.78, 5) is 9.75. The van der Waals surface area contributed by atoms with Gasteiger partial charge in [-0.3, -0.25) is 0 Å². The number of nitrogens with zero attached hydrogens (tertiary/aromatic N) is 3. The number of fused-ring (bicyclic) bond motifs is 3. The Hall–Kier alpha value is -2.94. The molecule has 0 aliphatic heterocycles. The molecule has 1 atom stereocenters. The first-order chi connectivity index (χ1) is 14.1. The van der Waals surface area contributed by atoms with Crippen molar-refractivity contribution in [2.45, 2.75) is 46.6 Å². The van der Waals surface area contributed by atoms with Crippen molar-refractivity contribution in [1.29, 1.82) is 0 Å². The molecule has 0 amide bonds. The van der Waals surface area contributed by atoms with E-state index < -0.39 is 0 Å². The van der Waals surface area contributed by atoms with Gasteiger partial charge in [-0.2, -0.15) is 0 Å². The van der Waals surface area contributed by atoms with Gasteiger partial charge in [0.25, 0.3) is 0 Å². The average Bonchev–Trinajstić information content (AvgIpc) is 3.02. The number of allylic oxidation sites excluding steroid dienone is 2. The molecule has 0 bridgehead atoms. The smallest absolute Gasteiger partial charge is 0.145 e. The Morgan fingerprint density at radius 3 is 2.55 bits per heavy atom. The molecule has 3 nitrogen and oxygen atoms in total. The van der Waals surface area contributed by atoms with Crippen LogP contribution in [0.4, 0.5) is 0 Å². The lowest BCUT2D eigenvalue weighted by atomic mass is 10.0. The average molecular weight is 384 g/mol. The molecule has 148 valence electrons. The van der Waals surface area contributed by atoms with E-state index in [2.05, 4.69) is 86.0 Å². The summed E-state index contributed by atoms with van der Waals surface area (Å²) >= 11 is 0. The predicted molar refractivity (Wildman–Crippen MR) is 122 cm³/mol. The Morgan fingerprint density at radius 2 is 1.76 bits per heavy atom. The quantitative estimate of drug-likeness (QED) is 0.338. The largest absolute Gasteiger partial charge is 0.321 e. The maximum atomic E-state index is 5.03. The lowest BCUT2D eigenvalue weighted by molar-refractivity contribution is 0.521. The number of rotatable bonds is 7. The summed E-state index contributed by atoms with van der Waals surface area (Å²) in [5.41, 5.74) is 4.93. The van der Waals surface area contributed by atoms with Crippen LogP contribution in [0.5, 0.6) is 0 Å². The molecular formula is C26H29N3. The highest BCUT2D eigenvalue weighted by molar-refractivity contribution is 6.06. The molecule has 0 aliphatic carbocycles. The SMILES string of the molecule is CC(C)=CCC[C@@H](C)Cc1ncc2c3ccccc3n(Cc3ccccc3)c2n1. The fourth-order valence-electron chi connectivity index (χ4n) is 3.95. The summed E-state index contributed by atoms with van der Waals surface area (Å²) in [6.07, 6.45) is 7.54. The summed E-state index contributed by atoms with van der Waals surface area (Å²) < 4.78 is 2.33. The van der Waals surface area contributed by atoms with Gasteiger partial charge >= 0.3 is 0 Å². The van der Waals surface area contributed by atoms with Crippen LogP contribution in [-0.2, 0) is 13.0 Å². The summed E-state index contributed by atoms with van der Waals surface area (Å²) in [5.74, 6) is 1.51. The standard InChI is InChI=1S/C26H29N3/c1-19(2)10-9-11-20(3)16-25-27-17-23-22-14-7-8-15-24(22)29(26(23)28-25)18-21-12-5-4-6-13-21/h4-8,10,12-15,17,20H,9,11,16,18H2,1-3H3/t20-/m1/s1. The molecule has 0 saturated carbocycles. The normalized spacial score (nSPS) is 12.4. The number of para-hydroxylation sites is 1. The van der Waals surface area contributed by atoms with Crippen LogP contribution >= 0.6 is 0 Å². The molecule has 2 aromatic carbocycles. The van der Waals surface area contributed by atoms with Crippen molar-refractivity contribution in [2.75, 3.05) is 0 Å². The third-order valence-corrected chi connectivity index (χ3v) is 5.49. The van der Waals surface area contributed by atoms with E-state index in [0.717, 1.165) is 36.2 Å². The van der Waals surface area contributed by atoms with E-state index in [-0.39, 0.29) is 0 Å². The van der Waals surface area contributed by atoms with Gasteiger partial charge in [-0.1, -0.05) is 67.1 Å². The number of hydrogen-bond acceptors (Lipinski definition) is 2. The van der Waals surface area contributed by atoms with Crippen molar-refractivity contribution in [3.05, 3.63) is 83.8 Å². The number of aromatic nitrogens is 3. The fourth-order valence-corrected chi connectivity index (χ4v) is 3.95. The fraction of sp³-hybridized carbons (Fsp3) is 0.308. The van der Waals surface area contributed by atoms with Crippen LogP contribution in [0.15, 0.2) is 72.4 Å². The third kappa shape index (κ3) is 4.40. The van der Waals surface area contributed by atoms with Crippen molar-refractivity contribution in [3.63, 3.8) is 0 Å². The van der Waals surface area contributed by atoms with Crippen LogP contribution in [-0.4, -0.2) is 14.5 Å². The summed E-state index contributed by atoms with van der Waals surface area (Å²) in [7, 11) is 0. The Labute approximate surface area is 173 Å². The van der Waals surface area contributed by atoms with Crippen LogP contribution < -0.4 is 0 Å². The van der Waals surface area contributed by atoms with E-state index in [1.807, 2.05) is 6.20 Å². The van der Waals surface area contributed by atoms with E-state index in [9.17, 15) is 0 Å². The third-order valence-electron chi connectivity index (χ3n) is 5.49. The zero-order chi connectivity index (χ0) is 20.2. The van der Waals surface area contributed by atoms with E-state index in [1.54, 1.807) is 0 Å². The topological polar surface area (TPSA) is 30.7 Å². The Kier molecular flexibility index (Phi) is 5.75. The Bertz CT molecular complexity index is 1130. The summed E-state index contributed by atoms with van der Waals surface area (Å²) in [6, 6.07) is 19.1. The van der Waals surface area contributed by atoms with Gasteiger partial charge in [0.05, 0.1) is 5.52 Å². The van der Waals surface area contributed by atoms with E-state index in [0.29, 0.717) is 5.92 Å². The van der Waals surface area contributed by atoms with Crippen molar-refractivity contribution >= 4 is 21.9 Å². The van der Waals surface area contributed by atoms with Crippen molar-refractivity contribution < 1.29 is 0 Å². The van der Waals surface area contributed by atoms with Gasteiger partial charge in [0, 0.05) is 29.9 Å². The maximum absolute atomic E-state index is 5.03. The number of hydrogen-bond donors (Lipinski definition) is 0. The second-order valence-electron chi connectivity index (χ2n) is 8.28. The first-order valence-electron chi connectivity index (χ1n) is 10.5. The first-order valence-corrected chi connectivity index (χ1v) is 10.5. The minimum absolute atomic E-state index is 0.565. The molecule has 0 spiro atoms. The van der Waals surface area contributed by atoms with Crippen LogP contribution in [0.2, 0.25) is 0 Å². The molecule has 29 heavy (non-hydrogen) atoms. The van der Waals surface area contributed by atoms with Crippen LogP contribution in [0.1, 0.15) is 45.0 Å². The number of benzene rings is 2. The van der Waals surface area contributed by atoms with Gasteiger partial charge in [-0.25, -0.2) is 9.97 Å². The van der Waals surface area contributed by atoms with E-state index >= 15 is 0 Å². The highest BCUT2D eigenvalue weighted by Crippen LogP contribution is 2.28. The first kappa shape index (κ1) is 19.4. The lowest BCUT2D eigenvalue weighted by Gasteiger charge is -2.10. The van der Waals surface area contributed by atoms with Crippen LogP contribution in [0.25, 0.3) is 21.9 Å². The van der Waals surface area contributed by atoms with Crippen molar-refractivity contribution in [1.82, 2.24) is 14.5 Å². The van der Waals surface area contributed by atoms with Gasteiger partial charge in [-0.05, 0) is 44.2 Å². The lowest BCUT2D eigenvalue weighted by Crippen LogP contribution is -2.06. The Balaban J connectivity index is 1.68. The molecule has 0 saturated heterocycles. The molecule has 4 rings (SSSR count). The molecule has 2 aromatic heterocycles. The molecular weight excluding hydrogens is 354 g/mol. The molecule has 4 aromatic rings. The molecule has 0 aliphatic rings. The molecule has 3 heteroatoms. The van der Waals surface area contributed by atoms with Crippen molar-refractivity contribution in [2.24, 2.45) is 5.92 Å². The van der Waals surface area contributed by atoms with Gasteiger partial charge in [-0.15, -0.1) is 0 Å². The summed E-state index contributed by atoms with van der Waals surface area (Å²) in [5, 5.41) is 2.36. The molecule has 0 fully saturated rings. The van der Waals surface area contributed by atoms with Crippen LogP contribution in [0, 0.1) is 5.92 Å². The molecule has 0 unspecified atom stereocenters. The minimum atomic E-state index is 0.565. The summed E-state index contributed by atoms with van der Waals surface area (Å²) in [6.45, 7) is 7.43. The zero-order valence-electron chi connectivity index (χ0n) is 17.6. The monoisotopic (exact) mass is 383 g/mol. The van der Waals surface area contributed by atoms with Gasteiger partial charge in [0.2, 0.25) is 0 Å². The highest BCUT2D eigenvalue weighted by Gasteiger charge is 2.14. The Morgan fingerprint density at radius 1 is 1.00 bits per heavy atom. The molecule has 0 N–H and O–H groups in total. The molecule has 0 radical (unpaired) electrons. The van der Waals surface area contributed by atoms with Crippen LogP contribution in [0.3, 0.4) is 0 Å². The highest BCUT2D eigenvalue weighted by atomic mass is 15.1. The second kappa shape index (κ2) is 8.60. The molecule has 2 heterocycles. The predicted octanol–water partition coefficient (Wildman–Crippen LogP) is 6.56. The maximum Gasteiger partial charge on any atom is 0.145 e. The minimum Gasteiger partial charge on any atom is -0.321 e. The zero-order valence-corrected chi connectivity index (χ0v) is 17.6. The van der Waals surface area contributed by atoms with E-state index in [1.165, 1.54) is 28.5 Å². The van der Waals surface area contributed by atoms with E-state index in [4.69, 9.17) is 9.97 Å². The van der Waals surface area contributed by atoms with Gasteiger partial charge in [0.15, 0.2) is 0 Å². The van der Waals surface area contributed by atoms with Gasteiger partial charge < -0.3 is 4.57 Å². The second-order valence-corrected chi connectivity index (χ2v) is 8.28. The van der Waals surface area contributed by atoms with Gasteiger partial charge in [0.1, 0.15) is 11.5 Å². The van der Waals surface area contributed by atoms with Crippen molar-refractivity contribution in [3.8, 4) is 0 Å².